The van der Waals surface area contributed by atoms with Crippen molar-refractivity contribution < 1.29 is 13.2 Å². The molecule has 0 radical (unpaired) electrons. The molecule has 3 N–H and O–H groups in total. The number of thiocarbonyl (C=S) groups is 1. The molecule has 2 aliphatic heterocycles. The number of anilines is 1. The first-order valence-electron chi connectivity index (χ1n) is 9.51. The van der Waals surface area contributed by atoms with Gasteiger partial charge in [-0.2, -0.15) is 0 Å². The van der Waals surface area contributed by atoms with E-state index in [9.17, 15) is 13.2 Å². The van der Waals surface area contributed by atoms with Gasteiger partial charge in [0.25, 0.3) is 5.91 Å². The fourth-order valence-corrected chi connectivity index (χ4v) is 5.56. The monoisotopic (exact) mass is 459 g/mol. The van der Waals surface area contributed by atoms with E-state index in [1.165, 1.54) is 11.8 Å². The average molecular weight is 460 g/mol. The van der Waals surface area contributed by atoms with Gasteiger partial charge in [0, 0.05) is 18.8 Å². The second kappa shape index (κ2) is 8.50. The first kappa shape index (κ1) is 21.0. The van der Waals surface area contributed by atoms with E-state index in [1.54, 1.807) is 0 Å². The van der Waals surface area contributed by atoms with Crippen LogP contribution in [0.2, 0.25) is 0 Å². The van der Waals surface area contributed by atoms with Crippen LogP contribution in [-0.2, 0) is 14.8 Å². The predicted octanol–water partition coefficient (Wildman–Crippen LogP) is 3.10. The Labute approximate surface area is 185 Å². The molecule has 1 amide bonds. The fraction of sp³-hybridized carbons (Fsp3) is 0.238. The van der Waals surface area contributed by atoms with Gasteiger partial charge in [0.15, 0.2) is 0 Å². The largest absolute Gasteiger partial charge is 0.371 e. The topological polar surface area (TPSA) is 92.5 Å². The third-order valence-corrected chi connectivity index (χ3v) is 7.89. The smallest absolute Gasteiger partial charge is 0.263 e. The van der Waals surface area contributed by atoms with Gasteiger partial charge < -0.3 is 10.2 Å². The third-order valence-electron chi connectivity index (χ3n) is 5.32. The van der Waals surface area contributed by atoms with Gasteiger partial charge in [-0.3, -0.25) is 4.79 Å². The maximum atomic E-state index is 11.8. The highest BCUT2D eigenvalue weighted by Gasteiger charge is 2.27. The lowest BCUT2D eigenvalue weighted by Crippen LogP contribution is -2.41. The molecular weight excluding hydrogens is 438 g/mol. The Morgan fingerprint density at radius 2 is 1.60 bits per heavy atom. The molecule has 2 aromatic carbocycles. The van der Waals surface area contributed by atoms with Crippen molar-refractivity contribution in [2.75, 3.05) is 18.0 Å². The van der Waals surface area contributed by atoms with Crippen molar-refractivity contribution in [2.24, 2.45) is 5.14 Å². The number of hydrogen-bond acceptors (Lipinski definition) is 6. The minimum absolute atomic E-state index is 0.155. The Morgan fingerprint density at radius 1 is 1.03 bits per heavy atom. The van der Waals surface area contributed by atoms with Gasteiger partial charge in [-0.1, -0.05) is 60.4 Å². The molecule has 2 fully saturated rings. The predicted molar refractivity (Wildman–Crippen MR) is 127 cm³/mol. The molecule has 2 aliphatic rings. The molecule has 6 nitrogen and oxygen atoms in total. The molecule has 0 aliphatic carbocycles. The third kappa shape index (κ3) is 4.75. The lowest BCUT2D eigenvalue weighted by molar-refractivity contribution is -0.115. The molecule has 2 saturated heterocycles. The van der Waals surface area contributed by atoms with E-state index in [0.29, 0.717) is 35.2 Å². The summed E-state index contributed by atoms with van der Waals surface area (Å²) in [7, 11) is -3.45. The second-order valence-corrected chi connectivity index (χ2v) is 10.9. The Morgan fingerprint density at radius 3 is 2.10 bits per heavy atom. The lowest BCUT2D eigenvalue weighted by Gasteiger charge is -2.32. The van der Waals surface area contributed by atoms with Gasteiger partial charge in [-0.25, -0.2) is 13.6 Å². The van der Waals surface area contributed by atoms with Crippen LogP contribution < -0.4 is 15.4 Å². The van der Waals surface area contributed by atoms with Gasteiger partial charge in [0.1, 0.15) is 4.32 Å². The maximum Gasteiger partial charge on any atom is 0.263 e. The van der Waals surface area contributed by atoms with Crippen molar-refractivity contribution in [3.8, 4) is 11.1 Å². The Bertz CT molecular complexity index is 1100. The lowest BCUT2D eigenvalue weighted by atomic mass is 10.0. The number of thioether (sulfide) groups is 1. The number of primary sulfonamides is 1. The molecular formula is C21H21N3O3S3. The Kier molecular flexibility index (Phi) is 5.97. The van der Waals surface area contributed by atoms with Crippen molar-refractivity contribution in [1.82, 2.24) is 5.32 Å². The summed E-state index contributed by atoms with van der Waals surface area (Å²) in [5.74, 6) is -0.155. The zero-order valence-electron chi connectivity index (χ0n) is 16.1. The van der Waals surface area contributed by atoms with Crippen LogP contribution in [0.1, 0.15) is 18.4 Å². The zero-order chi connectivity index (χ0) is 21.3. The molecule has 2 heterocycles. The maximum absolute atomic E-state index is 11.8. The molecule has 156 valence electrons. The summed E-state index contributed by atoms with van der Waals surface area (Å²) >= 11 is 6.28. The molecule has 4 rings (SSSR count). The summed E-state index contributed by atoms with van der Waals surface area (Å²) in [6.07, 6.45) is 2.94. The minimum atomic E-state index is -3.45. The SMILES string of the molecule is NS(=O)(=O)C1CCN(c2ccc(-c3ccc(/C=C4\SC(=S)NC4=O)cc3)cc2)CC1. The zero-order valence-corrected chi connectivity index (χ0v) is 18.5. The summed E-state index contributed by atoms with van der Waals surface area (Å²) < 4.78 is 23.5. The van der Waals surface area contributed by atoms with Crippen LogP contribution in [0, 0.1) is 0 Å². The van der Waals surface area contributed by atoms with Crippen molar-refractivity contribution >= 4 is 56.0 Å². The van der Waals surface area contributed by atoms with E-state index >= 15 is 0 Å². The summed E-state index contributed by atoms with van der Waals surface area (Å²) in [6, 6.07) is 16.2. The highest BCUT2D eigenvalue weighted by atomic mass is 32.2. The van der Waals surface area contributed by atoms with Gasteiger partial charge in [-0.15, -0.1) is 0 Å². The number of amides is 1. The number of carbonyl (C=O) groups excluding carboxylic acids is 1. The highest BCUT2D eigenvalue weighted by Crippen LogP contribution is 2.29. The van der Waals surface area contributed by atoms with E-state index in [1.807, 2.05) is 30.3 Å². The number of nitrogens with zero attached hydrogens (tertiary/aromatic N) is 1. The van der Waals surface area contributed by atoms with Crippen molar-refractivity contribution in [2.45, 2.75) is 18.1 Å². The summed E-state index contributed by atoms with van der Waals surface area (Å²) in [4.78, 5) is 14.6. The van der Waals surface area contributed by atoms with Gasteiger partial charge in [0.2, 0.25) is 10.0 Å². The fourth-order valence-electron chi connectivity index (χ4n) is 3.65. The van der Waals surface area contributed by atoms with Crippen molar-refractivity contribution in [3.63, 3.8) is 0 Å². The molecule has 30 heavy (non-hydrogen) atoms. The van der Waals surface area contributed by atoms with Crippen LogP contribution in [0.3, 0.4) is 0 Å². The normalized spacial score (nSPS) is 19.4. The molecule has 0 atom stereocenters. The van der Waals surface area contributed by atoms with E-state index in [2.05, 4.69) is 34.5 Å². The van der Waals surface area contributed by atoms with Gasteiger partial charge in [-0.05, 0) is 47.7 Å². The summed E-state index contributed by atoms with van der Waals surface area (Å²) in [5, 5.41) is 7.45. The first-order valence-corrected chi connectivity index (χ1v) is 12.3. The number of rotatable bonds is 4. The van der Waals surface area contributed by atoms with Gasteiger partial charge >= 0.3 is 0 Å². The molecule has 0 bridgehead atoms. The average Bonchev–Trinajstić information content (AvgIpc) is 3.05. The van der Waals surface area contributed by atoms with Crippen LogP contribution in [-0.4, -0.2) is 37.0 Å². The van der Waals surface area contributed by atoms with Gasteiger partial charge in [0.05, 0.1) is 10.2 Å². The quantitative estimate of drug-likeness (QED) is 0.539. The number of hydrogen-bond donors (Lipinski definition) is 2. The van der Waals surface area contributed by atoms with E-state index in [0.717, 1.165) is 22.4 Å². The first-order chi connectivity index (χ1) is 14.3. The number of carbonyl (C=O) groups is 1. The Balaban J connectivity index is 1.43. The molecule has 0 spiro atoms. The summed E-state index contributed by atoms with van der Waals surface area (Å²) in [6.45, 7) is 1.36. The molecule has 0 saturated carbocycles. The molecule has 0 aromatic heterocycles. The van der Waals surface area contributed by atoms with Crippen molar-refractivity contribution in [3.05, 3.63) is 59.0 Å². The van der Waals surface area contributed by atoms with E-state index in [4.69, 9.17) is 17.4 Å². The summed E-state index contributed by atoms with van der Waals surface area (Å²) in [5.41, 5.74) is 4.19. The number of nitrogens with two attached hydrogens (primary N) is 1. The number of piperidine rings is 1. The van der Waals surface area contributed by atoms with Crippen LogP contribution in [0.5, 0.6) is 0 Å². The van der Waals surface area contributed by atoms with Crippen molar-refractivity contribution in [1.29, 1.82) is 0 Å². The standard InChI is InChI=1S/C21H21N3O3S3/c22-30(26,27)18-9-11-24(12-10-18)17-7-5-16(6-8-17)15-3-1-14(2-4-15)13-19-20(25)23-21(28)29-19/h1-8,13,18H,9-12H2,(H2,22,26,27)(H,23,25,28)/b19-13-. The van der Waals surface area contributed by atoms with Crippen LogP contribution in [0.25, 0.3) is 17.2 Å². The number of benzene rings is 2. The number of sulfonamides is 1. The van der Waals surface area contributed by atoms with Crippen LogP contribution >= 0.6 is 24.0 Å². The van der Waals surface area contributed by atoms with Crippen LogP contribution in [0.15, 0.2) is 53.4 Å². The molecule has 2 aromatic rings. The number of nitrogens with one attached hydrogen (secondary N) is 1. The molecule has 0 unspecified atom stereocenters. The molecule has 9 heteroatoms. The minimum Gasteiger partial charge on any atom is -0.371 e. The van der Waals surface area contributed by atoms with E-state index in [-0.39, 0.29) is 5.91 Å². The second-order valence-electron chi connectivity index (χ2n) is 7.30. The van der Waals surface area contributed by atoms with E-state index < -0.39 is 15.3 Å². The Hall–Kier alpha value is -2.20. The highest BCUT2D eigenvalue weighted by molar-refractivity contribution is 8.26. The van der Waals surface area contributed by atoms with Crippen LogP contribution in [0.4, 0.5) is 5.69 Å².